The van der Waals surface area contributed by atoms with E-state index in [1.54, 1.807) is 36.4 Å². The molecule has 1 aliphatic rings. The highest BCUT2D eigenvalue weighted by Gasteiger charge is 2.36. The Morgan fingerprint density at radius 3 is 2.44 bits per heavy atom. The van der Waals surface area contributed by atoms with Crippen molar-refractivity contribution in [2.75, 3.05) is 11.9 Å². The zero-order valence-corrected chi connectivity index (χ0v) is 21.4. The first-order valence-corrected chi connectivity index (χ1v) is 12.6. The Balaban J connectivity index is 1.43. The summed E-state index contributed by atoms with van der Waals surface area (Å²) in [6, 6.07) is 22.1. The van der Waals surface area contributed by atoms with Crippen LogP contribution in [0.15, 0.2) is 77.7 Å². The first-order chi connectivity index (χ1) is 17.3. The molecule has 6 nitrogen and oxygen atoms in total. The minimum absolute atomic E-state index is 0.225. The van der Waals surface area contributed by atoms with Gasteiger partial charge in [-0.15, -0.1) is 0 Å². The lowest BCUT2D eigenvalue weighted by Crippen LogP contribution is -2.36. The number of hydrogen-bond donors (Lipinski definition) is 1. The van der Waals surface area contributed by atoms with Crippen molar-refractivity contribution in [3.8, 4) is 5.75 Å². The van der Waals surface area contributed by atoms with Gasteiger partial charge in [-0.25, -0.2) is 0 Å². The van der Waals surface area contributed by atoms with E-state index in [2.05, 4.69) is 19.2 Å². The average Bonchev–Trinajstić information content (AvgIpc) is 3.12. The lowest BCUT2D eigenvalue weighted by Gasteiger charge is -2.13. The van der Waals surface area contributed by atoms with Crippen molar-refractivity contribution >= 4 is 52.2 Å². The molecule has 1 fully saturated rings. The second-order valence-electron chi connectivity index (χ2n) is 8.51. The number of ether oxygens (including phenoxy) is 1. The van der Waals surface area contributed by atoms with Gasteiger partial charge >= 0.3 is 0 Å². The summed E-state index contributed by atoms with van der Waals surface area (Å²) in [6.07, 6.45) is 1.61. The summed E-state index contributed by atoms with van der Waals surface area (Å²) in [7, 11) is 0. The van der Waals surface area contributed by atoms with Crippen LogP contribution in [0.4, 0.5) is 10.5 Å². The predicted molar refractivity (Wildman–Crippen MR) is 144 cm³/mol. The van der Waals surface area contributed by atoms with Gasteiger partial charge < -0.3 is 10.1 Å². The normalized spacial score (nSPS) is 14.6. The molecule has 1 N–H and O–H groups in total. The molecule has 36 heavy (non-hydrogen) atoms. The highest BCUT2D eigenvalue weighted by molar-refractivity contribution is 8.18. The molecular formula is C28H25ClN2O4S. The molecular weight excluding hydrogens is 496 g/mol. The second kappa shape index (κ2) is 11.5. The van der Waals surface area contributed by atoms with E-state index in [1.165, 1.54) is 0 Å². The predicted octanol–water partition coefficient (Wildman–Crippen LogP) is 6.72. The van der Waals surface area contributed by atoms with Crippen LogP contribution in [0.3, 0.4) is 0 Å². The van der Waals surface area contributed by atoms with E-state index in [-0.39, 0.29) is 18.1 Å². The highest BCUT2D eigenvalue weighted by atomic mass is 35.5. The minimum atomic E-state index is -0.517. The van der Waals surface area contributed by atoms with Gasteiger partial charge in [-0.1, -0.05) is 74.0 Å². The molecule has 0 spiro atoms. The quantitative estimate of drug-likeness (QED) is 0.334. The molecule has 0 radical (unpaired) electrons. The molecule has 0 unspecified atom stereocenters. The number of carbonyl (C=O) groups is 3. The fraction of sp³-hybridized carbons (Fsp3) is 0.179. The molecule has 0 aromatic heterocycles. The van der Waals surface area contributed by atoms with Crippen LogP contribution < -0.4 is 10.1 Å². The highest BCUT2D eigenvalue weighted by Crippen LogP contribution is 2.34. The average molecular weight is 521 g/mol. The van der Waals surface area contributed by atoms with Crippen LogP contribution in [-0.2, 0) is 16.2 Å². The van der Waals surface area contributed by atoms with E-state index in [0.29, 0.717) is 27.9 Å². The third-order valence-corrected chi connectivity index (χ3v) is 6.86. The molecule has 1 heterocycles. The van der Waals surface area contributed by atoms with Gasteiger partial charge in [-0.05, 0) is 53.6 Å². The lowest BCUT2D eigenvalue weighted by atomic mass is 10.0. The number of anilines is 1. The van der Waals surface area contributed by atoms with Crippen LogP contribution in [0, 0.1) is 0 Å². The first kappa shape index (κ1) is 25.5. The molecule has 3 aromatic carbocycles. The van der Waals surface area contributed by atoms with Gasteiger partial charge in [-0.3, -0.25) is 19.3 Å². The number of thioether (sulfide) groups is 1. The molecule has 1 aliphatic heterocycles. The van der Waals surface area contributed by atoms with Crippen molar-refractivity contribution in [1.82, 2.24) is 4.90 Å². The van der Waals surface area contributed by atoms with Gasteiger partial charge in [0, 0.05) is 21.8 Å². The molecule has 3 aromatic rings. The summed E-state index contributed by atoms with van der Waals surface area (Å²) in [5, 5.41) is 2.85. The topological polar surface area (TPSA) is 75.7 Å². The smallest absolute Gasteiger partial charge is 0.294 e. The molecule has 184 valence electrons. The van der Waals surface area contributed by atoms with Crippen molar-refractivity contribution in [2.45, 2.75) is 26.4 Å². The fourth-order valence-electron chi connectivity index (χ4n) is 3.58. The Labute approximate surface area is 219 Å². The van der Waals surface area contributed by atoms with E-state index < -0.39 is 17.1 Å². The zero-order chi connectivity index (χ0) is 25.7. The van der Waals surface area contributed by atoms with Crippen molar-refractivity contribution in [3.05, 3.63) is 99.4 Å². The van der Waals surface area contributed by atoms with Crippen LogP contribution >= 0.6 is 23.4 Å². The number of benzene rings is 3. The Hall–Kier alpha value is -3.55. The maximum atomic E-state index is 12.9. The maximum Gasteiger partial charge on any atom is 0.294 e. The summed E-state index contributed by atoms with van der Waals surface area (Å²) < 4.78 is 5.95. The van der Waals surface area contributed by atoms with E-state index >= 15 is 0 Å². The third-order valence-electron chi connectivity index (χ3n) is 5.58. The minimum Gasteiger partial charge on any atom is -0.488 e. The Morgan fingerprint density at radius 1 is 1.03 bits per heavy atom. The summed E-state index contributed by atoms with van der Waals surface area (Å²) in [5.74, 6) is -0.0363. The molecule has 0 atom stereocenters. The lowest BCUT2D eigenvalue weighted by molar-refractivity contribution is -0.127. The molecule has 0 aliphatic carbocycles. The van der Waals surface area contributed by atoms with Crippen LogP contribution in [-0.4, -0.2) is 28.5 Å². The van der Waals surface area contributed by atoms with E-state index in [4.69, 9.17) is 16.3 Å². The number of amides is 3. The Bertz CT molecular complexity index is 1320. The first-order valence-electron chi connectivity index (χ1n) is 11.4. The van der Waals surface area contributed by atoms with E-state index in [9.17, 15) is 14.4 Å². The van der Waals surface area contributed by atoms with E-state index in [1.807, 2.05) is 42.5 Å². The van der Waals surface area contributed by atoms with Gasteiger partial charge in [0.1, 0.15) is 18.9 Å². The van der Waals surface area contributed by atoms with Crippen molar-refractivity contribution < 1.29 is 19.1 Å². The molecule has 0 saturated carbocycles. The SMILES string of the molecule is CC(C)c1ccc(NC(=O)CN2C(=O)S/C(=C/c3ccccc3OCc3ccccc3Cl)C2=O)cc1. The van der Waals surface area contributed by atoms with Crippen molar-refractivity contribution in [3.63, 3.8) is 0 Å². The molecule has 3 amide bonds. The van der Waals surface area contributed by atoms with Crippen molar-refractivity contribution in [2.24, 2.45) is 0 Å². The maximum absolute atomic E-state index is 12.9. The van der Waals surface area contributed by atoms with Crippen LogP contribution in [0.2, 0.25) is 5.02 Å². The monoisotopic (exact) mass is 520 g/mol. The summed E-state index contributed by atoms with van der Waals surface area (Å²) in [4.78, 5) is 39.2. The van der Waals surface area contributed by atoms with E-state index in [0.717, 1.165) is 27.8 Å². The second-order valence-corrected chi connectivity index (χ2v) is 9.91. The van der Waals surface area contributed by atoms with Gasteiger partial charge in [0.15, 0.2) is 0 Å². The summed E-state index contributed by atoms with van der Waals surface area (Å²) in [6.45, 7) is 4.07. The van der Waals surface area contributed by atoms with Crippen LogP contribution in [0.5, 0.6) is 5.75 Å². The molecule has 8 heteroatoms. The number of imide groups is 1. The van der Waals surface area contributed by atoms with Gasteiger partial charge in [0.2, 0.25) is 5.91 Å². The fourth-order valence-corrected chi connectivity index (χ4v) is 4.59. The zero-order valence-electron chi connectivity index (χ0n) is 19.9. The molecule has 4 rings (SSSR count). The number of halogens is 1. The third kappa shape index (κ3) is 6.17. The standard InChI is InChI=1S/C28H25ClN2O4S/c1-18(2)19-11-13-22(14-12-19)30-26(32)16-31-27(33)25(36-28(31)34)15-20-7-4-6-10-24(20)35-17-21-8-3-5-9-23(21)29/h3-15,18H,16-17H2,1-2H3,(H,30,32)/b25-15+. The number of nitrogens with zero attached hydrogens (tertiary/aromatic N) is 1. The summed E-state index contributed by atoms with van der Waals surface area (Å²) >= 11 is 7.01. The molecule has 0 bridgehead atoms. The van der Waals surface area contributed by atoms with Crippen LogP contribution in [0.1, 0.15) is 36.5 Å². The number of hydrogen-bond acceptors (Lipinski definition) is 5. The van der Waals surface area contributed by atoms with Gasteiger partial charge in [0.05, 0.1) is 4.91 Å². The number of nitrogens with one attached hydrogen (secondary N) is 1. The number of para-hydroxylation sites is 1. The molecule has 1 saturated heterocycles. The van der Waals surface area contributed by atoms with Crippen LogP contribution in [0.25, 0.3) is 6.08 Å². The van der Waals surface area contributed by atoms with Gasteiger partial charge in [0.25, 0.3) is 11.1 Å². The van der Waals surface area contributed by atoms with Crippen molar-refractivity contribution in [1.29, 1.82) is 0 Å². The number of rotatable bonds is 8. The number of carbonyl (C=O) groups excluding carboxylic acids is 3. The summed E-state index contributed by atoms with van der Waals surface area (Å²) in [5.41, 5.74) is 3.24. The largest absolute Gasteiger partial charge is 0.488 e. The van der Waals surface area contributed by atoms with Gasteiger partial charge in [-0.2, -0.15) is 0 Å². The Kier molecular flexibility index (Phi) is 8.13. The Morgan fingerprint density at radius 2 is 1.72 bits per heavy atom.